The van der Waals surface area contributed by atoms with E-state index in [1.165, 1.54) is 0 Å². The summed E-state index contributed by atoms with van der Waals surface area (Å²) < 4.78 is 0. The summed E-state index contributed by atoms with van der Waals surface area (Å²) >= 11 is 0. The molecule has 0 aromatic rings. The molecule has 0 aliphatic carbocycles. The van der Waals surface area contributed by atoms with Crippen LogP contribution in [0.1, 0.15) is 13.3 Å². The SMILES string of the molecule is C[C@H](O)C(=O)N[C@@H](CC(=O)O)C(=O)O. The van der Waals surface area contributed by atoms with Gasteiger partial charge in [0.15, 0.2) is 0 Å². The van der Waals surface area contributed by atoms with E-state index in [-0.39, 0.29) is 0 Å². The highest BCUT2D eigenvalue weighted by molar-refractivity contribution is 5.88. The monoisotopic (exact) mass is 205 g/mol. The molecule has 0 aliphatic heterocycles. The number of nitrogens with one attached hydrogen (secondary N) is 1. The number of aliphatic hydroxyl groups is 1. The van der Waals surface area contributed by atoms with Crippen molar-refractivity contribution in [3.05, 3.63) is 0 Å². The summed E-state index contributed by atoms with van der Waals surface area (Å²) in [5.41, 5.74) is 0. The maximum Gasteiger partial charge on any atom is 0.326 e. The van der Waals surface area contributed by atoms with Crippen molar-refractivity contribution in [2.24, 2.45) is 0 Å². The number of carbonyl (C=O) groups excluding carboxylic acids is 1. The lowest BCUT2D eigenvalue weighted by Gasteiger charge is -2.13. The van der Waals surface area contributed by atoms with Gasteiger partial charge in [0.25, 0.3) is 0 Å². The van der Waals surface area contributed by atoms with Gasteiger partial charge < -0.3 is 20.6 Å². The van der Waals surface area contributed by atoms with Crippen LogP contribution in [0.3, 0.4) is 0 Å². The van der Waals surface area contributed by atoms with Gasteiger partial charge in [-0.1, -0.05) is 0 Å². The molecule has 0 rings (SSSR count). The summed E-state index contributed by atoms with van der Waals surface area (Å²) in [6.45, 7) is 1.15. The minimum atomic E-state index is -1.52. The molecule has 0 fully saturated rings. The minimum Gasteiger partial charge on any atom is -0.481 e. The molecule has 0 aliphatic rings. The molecule has 0 aromatic heterocycles. The molecule has 0 unspecified atom stereocenters. The fourth-order valence-corrected chi connectivity index (χ4v) is 0.667. The van der Waals surface area contributed by atoms with Gasteiger partial charge >= 0.3 is 11.9 Å². The Labute approximate surface area is 79.3 Å². The molecule has 0 bridgehead atoms. The van der Waals surface area contributed by atoms with Crippen LogP contribution in [0.4, 0.5) is 0 Å². The first-order valence-corrected chi connectivity index (χ1v) is 3.77. The Balaban J connectivity index is 4.31. The normalized spacial score (nSPS) is 14.1. The lowest BCUT2D eigenvalue weighted by molar-refractivity contribution is -0.148. The van der Waals surface area contributed by atoms with E-state index in [2.05, 4.69) is 0 Å². The van der Waals surface area contributed by atoms with Gasteiger partial charge in [0.05, 0.1) is 6.42 Å². The van der Waals surface area contributed by atoms with Crippen LogP contribution in [-0.2, 0) is 14.4 Å². The van der Waals surface area contributed by atoms with Crippen LogP contribution in [0.25, 0.3) is 0 Å². The van der Waals surface area contributed by atoms with E-state index < -0.39 is 36.4 Å². The number of carboxylic acids is 2. The number of aliphatic carboxylic acids is 2. The molecular formula is C7H11NO6. The Hall–Kier alpha value is -1.63. The van der Waals surface area contributed by atoms with Crippen molar-refractivity contribution in [2.75, 3.05) is 0 Å². The van der Waals surface area contributed by atoms with Crippen molar-refractivity contribution in [2.45, 2.75) is 25.5 Å². The molecule has 14 heavy (non-hydrogen) atoms. The summed E-state index contributed by atoms with van der Waals surface area (Å²) in [5.74, 6) is -3.72. The largest absolute Gasteiger partial charge is 0.481 e. The molecule has 0 spiro atoms. The number of amides is 1. The van der Waals surface area contributed by atoms with Crippen LogP contribution in [0.2, 0.25) is 0 Å². The topological polar surface area (TPSA) is 124 Å². The quantitative estimate of drug-likeness (QED) is 0.429. The minimum absolute atomic E-state index is 0.728. The first kappa shape index (κ1) is 12.4. The van der Waals surface area contributed by atoms with Gasteiger partial charge in [-0.05, 0) is 6.92 Å². The summed E-state index contributed by atoms with van der Waals surface area (Å²) in [4.78, 5) is 31.4. The van der Waals surface area contributed by atoms with E-state index in [4.69, 9.17) is 15.3 Å². The molecule has 0 aromatic carbocycles. The molecule has 0 saturated carbocycles. The second kappa shape index (κ2) is 5.18. The third-order valence-electron chi connectivity index (χ3n) is 1.37. The maximum atomic E-state index is 10.8. The van der Waals surface area contributed by atoms with Crippen LogP contribution in [0, 0.1) is 0 Å². The standard InChI is InChI=1S/C7H11NO6/c1-3(9)6(12)8-4(7(13)14)2-5(10)11/h3-4,9H,2H2,1H3,(H,8,12)(H,10,11)(H,13,14)/t3-,4-/m0/s1. The molecule has 2 atom stereocenters. The third kappa shape index (κ3) is 4.41. The van der Waals surface area contributed by atoms with Crippen LogP contribution >= 0.6 is 0 Å². The van der Waals surface area contributed by atoms with Gasteiger partial charge in [-0.25, -0.2) is 4.79 Å². The summed E-state index contributed by atoms with van der Waals surface area (Å²) in [6.07, 6.45) is -2.10. The maximum absolute atomic E-state index is 10.8. The molecular weight excluding hydrogens is 194 g/mol. The van der Waals surface area contributed by atoms with Gasteiger partial charge in [0.2, 0.25) is 5.91 Å². The van der Waals surface area contributed by atoms with Crippen molar-refractivity contribution in [3.63, 3.8) is 0 Å². The second-order valence-electron chi connectivity index (χ2n) is 2.67. The highest BCUT2D eigenvalue weighted by Crippen LogP contribution is 1.94. The average molecular weight is 205 g/mol. The Bertz CT molecular complexity index is 249. The van der Waals surface area contributed by atoms with Crippen LogP contribution < -0.4 is 5.32 Å². The van der Waals surface area contributed by atoms with Gasteiger partial charge in [-0.3, -0.25) is 9.59 Å². The molecule has 0 saturated heterocycles. The summed E-state index contributed by atoms with van der Waals surface area (Å²) in [6, 6.07) is -1.52. The molecule has 7 nitrogen and oxygen atoms in total. The van der Waals surface area contributed by atoms with Crippen molar-refractivity contribution < 1.29 is 29.7 Å². The predicted molar refractivity (Wildman–Crippen MR) is 43.5 cm³/mol. The lowest BCUT2D eigenvalue weighted by Crippen LogP contribution is -2.45. The first-order valence-electron chi connectivity index (χ1n) is 3.77. The predicted octanol–water partition coefficient (Wildman–Crippen LogP) is -1.59. The first-order chi connectivity index (χ1) is 6.34. The summed E-state index contributed by atoms with van der Waals surface area (Å²) in [5, 5.41) is 27.4. The van der Waals surface area contributed by atoms with Crippen molar-refractivity contribution in [1.29, 1.82) is 0 Å². The van der Waals surface area contributed by atoms with Gasteiger partial charge in [-0.2, -0.15) is 0 Å². The average Bonchev–Trinajstić information content (AvgIpc) is 2.01. The fourth-order valence-electron chi connectivity index (χ4n) is 0.667. The van der Waals surface area contributed by atoms with Crippen molar-refractivity contribution in [3.8, 4) is 0 Å². The number of rotatable bonds is 5. The Morgan fingerprint density at radius 1 is 1.29 bits per heavy atom. The van der Waals surface area contributed by atoms with E-state index in [0.29, 0.717) is 0 Å². The van der Waals surface area contributed by atoms with Gasteiger partial charge in [0.1, 0.15) is 12.1 Å². The van der Waals surface area contributed by atoms with Crippen molar-refractivity contribution in [1.82, 2.24) is 5.32 Å². The van der Waals surface area contributed by atoms with E-state index >= 15 is 0 Å². The molecule has 1 amide bonds. The number of hydrogen-bond donors (Lipinski definition) is 4. The molecule has 0 radical (unpaired) electrons. The number of carbonyl (C=O) groups is 3. The van der Waals surface area contributed by atoms with E-state index in [1.54, 1.807) is 0 Å². The third-order valence-corrected chi connectivity index (χ3v) is 1.37. The molecule has 4 N–H and O–H groups in total. The smallest absolute Gasteiger partial charge is 0.326 e. The zero-order chi connectivity index (χ0) is 11.3. The zero-order valence-electron chi connectivity index (χ0n) is 7.43. The highest BCUT2D eigenvalue weighted by Gasteiger charge is 2.24. The molecule has 80 valence electrons. The summed E-state index contributed by atoms with van der Waals surface area (Å²) in [7, 11) is 0. The van der Waals surface area contributed by atoms with Gasteiger partial charge in [-0.15, -0.1) is 0 Å². The second-order valence-corrected chi connectivity index (χ2v) is 2.67. The van der Waals surface area contributed by atoms with Gasteiger partial charge in [0, 0.05) is 0 Å². The van der Waals surface area contributed by atoms with E-state index in [1.807, 2.05) is 5.32 Å². The van der Waals surface area contributed by atoms with E-state index in [0.717, 1.165) is 6.92 Å². The lowest BCUT2D eigenvalue weighted by atomic mass is 10.2. The molecule has 7 heteroatoms. The Morgan fingerprint density at radius 3 is 2.07 bits per heavy atom. The number of carboxylic acid groups (broad SMARTS) is 2. The number of aliphatic hydroxyl groups excluding tert-OH is 1. The zero-order valence-corrected chi connectivity index (χ0v) is 7.43. The Morgan fingerprint density at radius 2 is 1.79 bits per heavy atom. The van der Waals surface area contributed by atoms with Crippen LogP contribution in [-0.4, -0.2) is 45.3 Å². The number of hydrogen-bond acceptors (Lipinski definition) is 4. The van der Waals surface area contributed by atoms with E-state index in [9.17, 15) is 14.4 Å². The fraction of sp³-hybridized carbons (Fsp3) is 0.571. The van der Waals surface area contributed by atoms with Crippen LogP contribution in [0.5, 0.6) is 0 Å². The Kier molecular flexibility index (Phi) is 4.57. The molecule has 0 heterocycles. The van der Waals surface area contributed by atoms with Crippen LogP contribution in [0.15, 0.2) is 0 Å². The van der Waals surface area contributed by atoms with Crippen molar-refractivity contribution >= 4 is 17.8 Å². The highest BCUT2D eigenvalue weighted by atomic mass is 16.4.